The lowest BCUT2D eigenvalue weighted by Gasteiger charge is -2.36. The zero-order valence-corrected chi connectivity index (χ0v) is 12.4. The van der Waals surface area contributed by atoms with E-state index in [0.717, 1.165) is 12.8 Å². The molecule has 94 valence electrons. The van der Waals surface area contributed by atoms with Crippen LogP contribution in [0.15, 0.2) is 0 Å². The van der Waals surface area contributed by atoms with Crippen molar-refractivity contribution in [1.82, 2.24) is 0 Å². The average molecular weight is 340 g/mol. The first-order valence-corrected chi connectivity index (χ1v) is 7.46. The molecular weight excluding hydrogens is 319 g/mol. The van der Waals surface area contributed by atoms with E-state index in [0.29, 0.717) is 22.4 Å². The van der Waals surface area contributed by atoms with Crippen molar-refractivity contribution in [1.29, 1.82) is 0 Å². The molecule has 16 heavy (non-hydrogen) atoms. The van der Waals surface area contributed by atoms with Gasteiger partial charge in [-0.05, 0) is 53.2 Å². The molecule has 0 amide bonds. The summed E-state index contributed by atoms with van der Waals surface area (Å²) in [6.07, 6.45) is 2.89. The van der Waals surface area contributed by atoms with Crippen LogP contribution in [0.1, 0.15) is 40.0 Å². The van der Waals surface area contributed by atoms with Crippen LogP contribution < -0.4 is 0 Å². The highest BCUT2D eigenvalue weighted by Crippen LogP contribution is 2.35. The Labute approximate surface area is 111 Å². The first kappa shape index (κ1) is 14.1. The van der Waals surface area contributed by atoms with Crippen LogP contribution in [-0.2, 0) is 9.47 Å². The predicted molar refractivity (Wildman–Crippen MR) is 71.6 cm³/mol. The third-order valence-corrected chi connectivity index (χ3v) is 3.69. The summed E-state index contributed by atoms with van der Waals surface area (Å²) in [5.41, 5.74) is 0. The molecule has 0 bridgehead atoms. The topological polar surface area (TPSA) is 35.5 Å². The van der Waals surface area contributed by atoms with Gasteiger partial charge in [-0.3, -0.25) is 0 Å². The first-order chi connectivity index (χ1) is 7.54. The number of alkyl halides is 1. The van der Waals surface area contributed by atoms with Crippen LogP contribution in [0.25, 0.3) is 0 Å². The van der Waals surface area contributed by atoms with Crippen molar-refractivity contribution in [3.05, 3.63) is 0 Å². The number of rotatable bonds is 3. The summed E-state index contributed by atoms with van der Waals surface area (Å²) in [7, 11) is 0. The van der Waals surface area contributed by atoms with E-state index in [-0.39, 0.29) is 6.10 Å². The van der Waals surface area contributed by atoms with Gasteiger partial charge >= 0.3 is 6.16 Å². The van der Waals surface area contributed by atoms with Crippen molar-refractivity contribution in [3.8, 4) is 0 Å². The molecular formula is C12H21IO3. The summed E-state index contributed by atoms with van der Waals surface area (Å²) < 4.78 is 10.6. The van der Waals surface area contributed by atoms with E-state index >= 15 is 0 Å². The first-order valence-electron chi connectivity index (χ1n) is 5.94. The fourth-order valence-electron chi connectivity index (χ4n) is 2.45. The van der Waals surface area contributed by atoms with Crippen LogP contribution in [0.5, 0.6) is 0 Å². The third-order valence-electron chi connectivity index (χ3n) is 3.38. The molecule has 0 N–H and O–H groups in total. The van der Waals surface area contributed by atoms with Gasteiger partial charge in [0.05, 0.1) is 0 Å². The molecule has 0 aromatic rings. The van der Waals surface area contributed by atoms with Crippen LogP contribution in [0.4, 0.5) is 4.79 Å². The molecule has 1 aliphatic carbocycles. The molecule has 1 rings (SSSR count). The average Bonchev–Trinajstić information content (AvgIpc) is 2.17. The Kier molecular flexibility index (Phi) is 5.86. The lowest BCUT2D eigenvalue weighted by molar-refractivity contribution is -0.0256. The number of carbonyl (C=O) groups excluding carboxylic acids is 1. The van der Waals surface area contributed by atoms with Crippen molar-refractivity contribution in [2.24, 2.45) is 17.8 Å². The standard InChI is InChI=1S/C12H21IO3/c1-8(2)10-5-4-9(3)6-11(10)16-12(14)15-7-13/h8-11H,4-7H2,1-3H3/t9-,10?,11?/m0/s1. The summed E-state index contributed by atoms with van der Waals surface area (Å²) in [5.74, 6) is 1.69. The summed E-state index contributed by atoms with van der Waals surface area (Å²) >= 11 is 2.00. The molecule has 0 aromatic heterocycles. The van der Waals surface area contributed by atoms with Gasteiger partial charge in [0.2, 0.25) is 0 Å². The molecule has 1 saturated carbocycles. The lowest BCUT2D eigenvalue weighted by Crippen LogP contribution is -2.35. The van der Waals surface area contributed by atoms with E-state index in [1.807, 2.05) is 22.6 Å². The highest BCUT2D eigenvalue weighted by molar-refractivity contribution is 14.1. The van der Waals surface area contributed by atoms with E-state index in [1.165, 1.54) is 6.42 Å². The maximum Gasteiger partial charge on any atom is 0.509 e. The molecule has 1 aliphatic rings. The predicted octanol–water partition coefficient (Wildman–Crippen LogP) is 3.99. The Morgan fingerprint density at radius 3 is 2.69 bits per heavy atom. The SMILES string of the molecule is CC(C)C1CC[C@H](C)CC1OC(=O)OCI. The minimum atomic E-state index is -0.515. The van der Waals surface area contributed by atoms with Gasteiger partial charge in [-0.2, -0.15) is 0 Å². The molecule has 3 nitrogen and oxygen atoms in total. The number of carbonyl (C=O) groups is 1. The molecule has 0 spiro atoms. The van der Waals surface area contributed by atoms with Gasteiger partial charge in [-0.1, -0.05) is 27.2 Å². The minimum absolute atomic E-state index is 0.0409. The van der Waals surface area contributed by atoms with E-state index in [1.54, 1.807) is 0 Å². The Morgan fingerprint density at radius 1 is 1.44 bits per heavy atom. The van der Waals surface area contributed by atoms with Gasteiger partial charge in [-0.25, -0.2) is 4.79 Å². The highest BCUT2D eigenvalue weighted by Gasteiger charge is 2.33. The number of hydrogen-bond donors (Lipinski definition) is 0. The van der Waals surface area contributed by atoms with Gasteiger partial charge < -0.3 is 9.47 Å². The van der Waals surface area contributed by atoms with Crippen LogP contribution in [0, 0.1) is 17.8 Å². The van der Waals surface area contributed by atoms with Crippen molar-refractivity contribution >= 4 is 28.7 Å². The van der Waals surface area contributed by atoms with E-state index in [9.17, 15) is 4.79 Å². The third kappa shape index (κ3) is 4.11. The monoisotopic (exact) mass is 340 g/mol. The molecule has 0 radical (unpaired) electrons. The van der Waals surface area contributed by atoms with Gasteiger partial charge in [0.25, 0.3) is 0 Å². The Balaban J connectivity index is 2.54. The Morgan fingerprint density at radius 2 is 2.12 bits per heavy atom. The molecule has 2 unspecified atom stereocenters. The molecule has 0 aliphatic heterocycles. The fourth-order valence-corrected chi connectivity index (χ4v) is 2.71. The van der Waals surface area contributed by atoms with Crippen LogP contribution in [0.3, 0.4) is 0 Å². The van der Waals surface area contributed by atoms with Crippen molar-refractivity contribution in [2.45, 2.75) is 46.1 Å². The second-order valence-electron chi connectivity index (χ2n) is 4.99. The van der Waals surface area contributed by atoms with Crippen LogP contribution in [0.2, 0.25) is 0 Å². The van der Waals surface area contributed by atoms with Crippen molar-refractivity contribution in [2.75, 3.05) is 4.61 Å². The zero-order chi connectivity index (χ0) is 12.1. The van der Waals surface area contributed by atoms with Gasteiger partial charge in [0.15, 0.2) is 0 Å². The van der Waals surface area contributed by atoms with Gasteiger partial charge in [0.1, 0.15) is 10.7 Å². The van der Waals surface area contributed by atoms with Crippen LogP contribution in [-0.4, -0.2) is 16.9 Å². The fraction of sp³-hybridized carbons (Fsp3) is 0.917. The molecule has 4 heteroatoms. The highest BCUT2D eigenvalue weighted by atomic mass is 127. The second-order valence-corrected chi connectivity index (χ2v) is 5.61. The summed E-state index contributed by atoms with van der Waals surface area (Å²) in [4.78, 5) is 11.3. The lowest BCUT2D eigenvalue weighted by atomic mass is 9.75. The zero-order valence-electron chi connectivity index (χ0n) is 10.2. The minimum Gasteiger partial charge on any atom is -0.431 e. The number of halogens is 1. The molecule has 0 saturated heterocycles. The quantitative estimate of drug-likeness (QED) is 0.443. The van der Waals surface area contributed by atoms with E-state index in [4.69, 9.17) is 9.47 Å². The smallest absolute Gasteiger partial charge is 0.431 e. The molecule has 0 aromatic carbocycles. The maximum atomic E-state index is 11.3. The summed E-state index contributed by atoms with van der Waals surface area (Å²) in [6.45, 7) is 6.61. The van der Waals surface area contributed by atoms with Crippen molar-refractivity contribution in [3.63, 3.8) is 0 Å². The second kappa shape index (κ2) is 6.67. The van der Waals surface area contributed by atoms with Crippen LogP contribution >= 0.6 is 22.6 Å². The molecule has 3 atom stereocenters. The van der Waals surface area contributed by atoms with Crippen molar-refractivity contribution < 1.29 is 14.3 Å². The van der Waals surface area contributed by atoms with E-state index < -0.39 is 6.16 Å². The number of ether oxygens (including phenoxy) is 2. The van der Waals surface area contributed by atoms with E-state index in [2.05, 4.69) is 20.8 Å². The largest absolute Gasteiger partial charge is 0.509 e. The normalized spacial score (nSPS) is 30.2. The van der Waals surface area contributed by atoms with Gasteiger partial charge in [-0.15, -0.1) is 0 Å². The number of hydrogen-bond acceptors (Lipinski definition) is 3. The Bertz CT molecular complexity index is 230. The summed E-state index contributed by atoms with van der Waals surface area (Å²) in [6, 6.07) is 0. The maximum absolute atomic E-state index is 11.3. The molecule has 0 heterocycles. The molecule has 1 fully saturated rings. The Hall–Kier alpha value is 0. The van der Waals surface area contributed by atoms with Gasteiger partial charge in [0, 0.05) is 0 Å². The summed E-state index contributed by atoms with van der Waals surface area (Å²) in [5, 5.41) is 0.